The molecule has 0 aliphatic heterocycles. The highest BCUT2D eigenvalue weighted by atomic mass is 32.2. The van der Waals surface area contributed by atoms with Gasteiger partial charge in [0.05, 0.1) is 18.1 Å². The van der Waals surface area contributed by atoms with Gasteiger partial charge in [0.2, 0.25) is 0 Å². The minimum absolute atomic E-state index is 0.0127. The van der Waals surface area contributed by atoms with Crippen molar-refractivity contribution in [3.8, 4) is 5.75 Å². The van der Waals surface area contributed by atoms with E-state index in [0.29, 0.717) is 33.3 Å². The molecule has 32 heavy (non-hydrogen) atoms. The van der Waals surface area contributed by atoms with Gasteiger partial charge in [-0.2, -0.15) is 0 Å². The van der Waals surface area contributed by atoms with Crippen LogP contribution in [0.2, 0.25) is 0 Å². The molecule has 2 aromatic carbocycles. The first kappa shape index (κ1) is 23.5. The van der Waals surface area contributed by atoms with Gasteiger partial charge in [0, 0.05) is 22.4 Å². The number of carbonyl (C=O) groups is 3. The minimum Gasteiger partial charge on any atom is -0.496 e. The maximum absolute atomic E-state index is 12.5. The van der Waals surface area contributed by atoms with E-state index in [-0.39, 0.29) is 18.3 Å². The quantitative estimate of drug-likeness (QED) is 0.211. The average Bonchev–Trinajstić information content (AvgIpc) is 3.06. The number of ether oxygens (including phenoxy) is 2. The minimum atomic E-state index is -0.605. The first-order chi connectivity index (χ1) is 15.1. The van der Waals surface area contributed by atoms with E-state index >= 15 is 0 Å². The van der Waals surface area contributed by atoms with Crippen LogP contribution in [-0.2, 0) is 21.8 Å². The lowest BCUT2D eigenvalue weighted by molar-refractivity contribution is -0.155. The summed E-state index contributed by atoms with van der Waals surface area (Å²) in [6, 6.07) is 10.5. The molecule has 0 atom stereocenters. The Balaban J connectivity index is 1.96. The summed E-state index contributed by atoms with van der Waals surface area (Å²) >= 11 is 1.41. The van der Waals surface area contributed by atoms with Crippen LogP contribution in [0.5, 0.6) is 5.75 Å². The van der Waals surface area contributed by atoms with Crippen LogP contribution in [0, 0.1) is 0 Å². The number of benzene rings is 2. The lowest BCUT2D eigenvalue weighted by Crippen LogP contribution is -2.26. The topological polar surface area (TPSA) is 87.5 Å². The molecule has 1 aromatic heterocycles. The third-order valence-corrected chi connectivity index (χ3v) is 5.65. The molecule has 168 valence electrons. The van der Waals surface area contributed by atoms with Crippen LogP contribution in [-0.4, -0.2) is 40.3 Å². The number of Topliss-reactive ketones (excluding diaryl/α,β-unsaturated/α-hetero) is 1. The smallest absolute Gasteiger partial charge is 0.326 e. The van der Waals surface area contributed by atoms with Gasteiger partial charge in [-0.3, -0.25) is 14.4 Å². The zero-order chi connectivity index (χ0) is 23.5. The number of hydrogen-bond donors (Lipinski definition) is 0. The van der Waals surface area contributed by atoms with Gasteiger partial charge < -0.3 is 14.0 Å². The highest BCUT2D eigenvalue weighted by molar-refractivity contribution is 7.98. The largest absolute Gasteiger partial charge is 0.496 e. The van der Waals surface area contributed by atoms with E-state index in [4.69, 9.17) is 9.47 Å². The Morgan fingerprint density at radius 1 is 1.16 bits per heavy atom. The Kier molecular flexibility index (Phi) is 7.03. The second kappa shape index (κ2) is 9.56. The molecule has 0 bridgehead atoms. The van der Waals surface area contributed by atoms with Gasteiger partial charge in [0.15, 0.2) is 10.9 Å². The first-order valence-electron chi connectivity index (χ1n) is 10.1. The summed E-state index contributed by atoms with van der Waals surface area (Å²) in [6.45, 7) is 6.95. The first-order valence-corrected chi connectivity index (χ1v) is 11.1. The lowest BCUT2D eigenvalue weighted by atomic mass is 10.1. The van der Waals surface area contributed by atoms with Crippen LogP contribution >= 0.6 is 11.8 Å². The number of ketones is 1. The van der Waals surface area contributed by atoms with Crippen molar-refractivity contribution in [1.29, 1.82) is 0 Å². The van der Waals surface area contributed by atoms with Gasteiger partial charge in [0.25, 0.3) is 0 Å². The molecular weight excluding hydrogens is 428 g/mol. The van der Waals surface area contributed by atoms with Gasteiger partial charge >= 0.3 is 5.97 Å². The van der Waals surface area contributed by atoms with Gasteiger partial charge in [-0.15, -0.1) is 0 Å². The van der Waals surface area contributed by atoms with Crippen molar-refractivity contribution >= 4 is 40.8 Å². The van der Waals surface area contributed by atoms with E-state index in [1.165, 1.54) is 18.7 Å². The predicted octanol–water partition coefficient (Wildman–Crippen LogP) is 4.69. The number of aromatic nitrogens is 2. The maximum atomic E-state index is 12.5. The number of fused-ring (bicyclic) bond motifs is 1. The Morgan fingerprint density at radius 2 is 1.91 bits per heavy atom. The summed E-state index contributed by atoms with van der Waals surface area (Å²) in [5.74, 6) is 0.731. The molecule has 0 saturated heterocycles. The highest BCUT2D eigenvalue weighted by Crippen LogP contribution is 2.31. The van der Waals surface area contributed by atoms with Crippen LogP contribution in [0.3, 0.4) is 0 Å². The molecule has 0 amide bonds. The van der Waals surface area contributed by atoms with E-state index in [0.717, 1.165) is 17.4 Å². The number of thioether (sulfide) groups is 1. The van der Waals surface area contributed by atoms with E-state index < -0.39 is 5.60 Å². The van der Waals surface area contributed by atoms with Gasteiger partial charge in [-0.25, -0.2) is 4.98 Å². The number of hydrogen-bond acceptors (Lipinski definition) is 7. The molecule has 3 aromatic rings. The average molecular weight is 455 g/mol. The summed E-state index contributed by atoms with van der Waals surface area (Å²) in [6.07, 6.45) is 0.761. The zero-order valence-electron chi connectivity index (χ0n) is 18.8. The number of esters is 1. The van der Waals surface area contributed by atoms with Crippen molar-refractivity contribution in [2.45, 2.75) is 50.8 Å². The van der Waals surface area contributed by atoms with Crippen LogP contribution in [0.1, 0.15) is 54.0 Å². The molecular formula is C24H26N2O5S. The van der Waals surface area contributed by atoms with E-state index in [1.54, 1.807) is 48.1 Å². The fourth-order valence-corrected chi connectivity index (χ4v) is 4.21. The molecule has 0 radical (unpaired) electrons. The van der Waals surface area contributed by atoms with E-state index in [1.807, 2.05) is 20.8 Å². The van der Waals surface area contributed by atoms with Crippen molar-refractivity contribution in [3.63, 3.8) is 0 Å². The van der Waals surface area contributed by atoms with Crippen LogP contribution in [0.15, 0.2) is 41.6 Å². The summed E-state index contributed by atoms with van der Waals surface area (Å²) in [5.41, 5.74) is 2.69. The van der Waals surface area contributed by atoms with Crippen LogP contribution < -0.4 is 4.74 Å². The number of imidazole rings is 1. The number of carbonyl (C=O) groups excluding carboxylic acids is 3. The standard InChI is InChI=1S/C24H26N2O5S/c1-15(28)17-7-9-21(30-5)18(11-17)14-32-23-25-19-10-16(13-27)6-8-20(19)26(23)12-22(29)31-24(2,3)4/h6-11,13H,12,14H2,1-5H3. The molecule has 0 aliphatic carbocycles. The molecule has 0 saturated carbocycles. The Morgan fingerprint density at radius 3 is 2.53 bits per heavy atom. The van der Waals surface area contributed by atoms with Crippen molar-refractivity contribution < 1.29 is 23.9 Å². The van der Waals surface area contributed by atoms with Gasteiger partial charge in [-0.1, -0.05) is 11.8 Å². The molecule has 0 fully saturated rings. The predicted molar refractivity (Wildman–Crippen MR) is 124 cm³/mol. The fourth-order valence-electron chi connectivity index (χ4n) is 3.22. The Hall–Kier alpha value is -3.13. The van der Waals surface area contributed by atoms with E-state index in [2.05, 4.69) is 4.98 Å². The fraction of sp³-hybridized carbons (Fsp3) is 0.333. The molecule has 7 nitrogen and oxygen atoms in total. The lowest BCUT2D eigenvalue weighted by Gasteiger charge is -2.20. The summed E-state index contributed by atoms with van der Waals surface area (Å²) in [5, 5.41) is 0.601. The van der Waals surface area contributed by atoms with Crippen molar-refractivity contribution in [2.75, 3.05) is 7.11 Å². The number of rotatable bonds is 8. The number of aldehydes is 1. The normalized spacial score (nSPS) is 11.4. The molecule has 0 spiro atoms. The second-order valence-corrected chi connectivity index (χ2v) is 9.25. The number of methoxy groups -OCH3 is 1. The molecule has 1 heterocycles. The Bertz CT molecular complexity index is 1180. The summed E-state index contributed by atoms with van der Waals surface area (Å²) in [4.78, 5) is 40.2. The van der Waals surface area contributed by atoms with Crippen LogP contribution in [0.25, 0.3) is 11.0 Å². The third kappa shape index (κ3) is 5.56. The Labute approximate surface area is 191 Å². The van der Waals surface area contributed by atoms with E-state index in [9.17, 15) is 14.4 Å². The maximum Gasteiger partial charge on any atom is 0.326 e. The monoisotopic (exact) mass is 454 g/mol. The van der Waals surface area contributed by atoms with Crippen molar-refractivity contribution in [1.82, 2.24) is 9.55 Å². The van der Waals surface area contributed by atoms with Crippen LogP contribution in [0.4, 0.5) is 0 Å². The SMILES string of the molecule is COc1ccc(C(C)=O)cc1CSc1nc2cc(C=O)ccc2n1CC(=O)OC(C)(C)C. The number of nitrogens with zero attached hydrogens (tertiary/aromatic N) is 2. The molecule has 0 unspecified atom stereocenters. The molecule has 8 heteroatoms. The van der Waals surface area contributed by atoms with Gasteiger partial charge in [-0.05, 0) is 64.1 Å². The van der Waals surface area contributed by atoms with Gasteiger partial charge in [0.1, 0.15) is 24.2 Å². The highest BCUT2D eigenvalue weighted by Gasteiger charge is 2.20. The van der Waals surface area contributed by atoms with Crippen molar-refractivity contribution in [2.24, 2.45) is 0 Å². The van der Waals surface area contributed by atoms with Crippen molar-refractivity contribution in [3.05, 3.63) is 53.1 Å². The third-order valence-electron chi connectivity index (χ3n) is 4.62. The second-order valence-electron chi connectivity index (χ2n) is 8.30. The summed E-state index contributed by atoms with van der Waals surface area (Å²) < 4.78 is 12.7. The molecule has 3 rings (SSSR count). The summed E-state index contributed by atoms with van der Waals surface area (Å²) in [7, 11) is 1.58. The molecule has 0 N–H and O–H groups in total. The zero-order valence-corrected chi connectivity index (χ0v) is 19.6. The molecule has 0 aliphatic rings.